The fraction of sp³-hybridized carbons (Fsp3) is 0.417. The standard InChI is InChI=1S/C12H16N2O2/c1-2-14-8-7-11(16-12(14)15)9-3-5-10(13)6-4-9/h3-6,11H,2,7-8,13H2,1H3. The van der Waals surface area contributed by atoms with Gasteiger partial charge in [-0.05, 0) is 24.6 Å². The van der Waals surface area contributed by atoms with Gasteiger partial charge in [0.15, 0.2) is 0 Å². The van der Waals surface area contributed by atoms with Gasteiger partial charge in [-0.15, -0.1) is 0 Å². The second kappa shape index (κ2) is 4.43. The maximum Gasteiger partial charge on any atom is 0.410 e. The molecule has 0 aliphatic carbocycles. The lowest BCUT2D eigenvalue weighted by Gasteiger charge is -2.31. The molecule has 1 aliphatic heterocycles. The molecule has 4 nitrogen and oxygen atoms in total. The topological polar surface area (TPSA) is 55.6 Å². The predicted octanol–water partition coefficient (Wildman–Crippen LogP) is 2.17. The third-order valence-corrected chi connectivity index (χ3v) is 2.85. The van der Waals surface area contributed by atoms with E-state index in [0.717, 1.165) is 24.2 Å². The third-order valence-electron chi connectivity index (χ3n) is 2.85. The number of hydrogen-bond acceptors (Lipinski definition) is 3. The molecule has 1 aliphatic rings. The van der Waals surface area contributed by atoms with Crippen LogP contribution in [0.1, 0.15) is 25.0 Å². The van der Waals surface area contributed by atoms with Crippen molar-refractivity contribution in [2.45, 2.75) is 19.4 Å². The number of ether oxygens (including phenoxy) is 1. The molecule has 1 amide bonds. The van der Waals surface area contributed by atoms with E-state index < -0.39 is 0 Å². The number of amides is 1. The van der Waals surface area contributed by atoms with E-state index in [1.54, 1.807) is 4.90 Å². The summed E-state index contributed by atoms with van der Waals surface area (Å²) < 4.78 is 5.36. The van der Waals surface area contributed by atoms with Crippen LogP contribution in [-0.4, -0.2) is 24.1 Å². The zero-order valence-corrected chi connectivity index (χ0v) is 9.35. The Morgan fingerprint density at radius 3 is 2.69 bits per heavy atom. The first-order valence-corrected chi connectivity index (χ1v) is 5.51. The molecule has 4 heteroatoms. The normalized spacial score (nSPS) is 20.7. The van der Waals surface area contributed by atoms with E-state index >= 15 is 0 Å². The Labute approximate surface area is 95.0 Å². The smallest absolute Gasteiger partial charge is 0.410 e. The van der Waals surface area contributed by atoms with E-state index in [0.29, 0.717) is 6.54 Å². The van der Waals surface area contributed by atoms with E-state index in [4.69, 9.17) is 10.5 Å². The van der Waals surface area contributed by atoms with E-state index in [2.05, 4.69) is 0 Å². The van der Waals surface area contributed by atoms with Crippen molar-refractivity contribution in [1.82, 2.24) is 4.90 Å². The lowest BCUT2D eigenvalue weighted by atomic mass is 10.0. The van der Waals surface area contributed by atoms with Crippen LogP contribution in [-0.2, 0) is 4.74 Å². The van der Waals surface area contributed by atoms with Gasteiger partial charge in [0, 0.05) is 25.2 Å². The second-order valence-corrected chi connectivity index (χ2v) is 3.91. The van der Waals surface area contributed by atoms with Crippen LogP contribution in [0.25, 0.3) is 0 Å². The minimum atomic E-state index is -0.226. The molecule has 0 saturated carbocycles. The summed E-state index contributed by atoms with van der Waals surface area (Å²) in [6.07, 6.45) is 0.482. The largest absolute Gasteiger partial charge is 0.441 e. The predicted molar refractivity (Wildman–Crippen MR) is 61.9 cm³/mol. The van der Waals surface area contributed by atoms with Crippen LogP contribution >= 0.6 is 0 Å². The maximum absolute atomic E-state index is 11.6. The number of hydrogen-bond donors (Lipinski definition) is 1. The minimum absolute atomic E-state index is 0.129. The molecule has 1 fully saturated rings. The fourth-order valence-electron chi connectivity index (χ4n) is 1.85. The van der Waals surface area contributed by atoms with Crippen LogP contribution < -0.4 is 5.73 Å². The molecule has 1 aromatic carbocycles. The van der Waals surface area contributed by atoms with Crippen molar-refractivity contribution in [1.29, 1.82) is 0 Å². The Balaban J connectivity index is 2.07. The van der Waals surface area contributed by atoms with Gasteiger partial charge < -0.3 is 15.4 Å². The number of rotatable bonds is 2. The Morgan fingerprint density at radius 1 is 1.44 bits per heavy atom. The highest BCUT2D eigenvalue weighted by Crippen LogP contribution is 2.26. The maximum atomic E-state index is 11.6. The van der Waals surface area contributed by atoms with Crippen molar-refractivity contribution in [3.05, 3.63) is 29.8 Å². The molecule has 1 heterocycles. The highest BCUT2D eigenvalue weighted by atomic mass is 16.6. The molecule has 0 radical (unpaired) electrons. The molecule has 0 spiro atoms. The summed E-state index contributed by atoms with van der Waals surface area (Å²) in [5, 5.41) is 0. The van der Waals surface area contributed by atoms with Gasteiger partial charge in [-0.25, -0.2) is 4.79 Å². The highest BCUT2D eigenvalue weighted by molar-refractivity contribution is 5.68. The van der Waals surface area contributed by atoms with Crippen LogP contribution in [0, 0.1) is 0 Å². The number of nitrogens with two attached hydrogens (primary N) is 1. The molecule has 1 unspecified atom stereocenters. The minimum Gasteiger partial charge on any atom is -0.441 e. The second-order valence-electron chi connectivity index (χ2n) is 3.91. The molecule has 1 saturated heterocycles. The van der Waals surface area contributed by atoms with E-state index in [-0.39, 0.29) is 12.2 Å². The zero-order chi connectivity index (χ0) is 11.5. The van der Waals surface area contributed by atoms with Crippen LogP contribution in [0.15, 0.2) is 24.3 Å². The SMILES string of the molecule is CCN1CCC(c2ccc(N)cc2)OC1=O. The van der Waals surface area contributed by atoms with Gasteiger partial charge in [0.05, 0.1) is 0 Å². The Morgan fingerprint density at radius 2 is 2.12 bits per heavy atom. The zero-order valence-electron chi connectivity index (χ0n) is 9.35. The Hall–Kier alpha value is -1.71. The van der Waals surface area contributed by atoms with E-state index in [9.17, 15) is 4.79 Å². The van der Waals surface area contributed by atoms with Crippen molar-refractivity contribution in [3.8, 4) is 0 Å². The van der Waals surface area contributed by atoms with Crippen molar-refractivity contribution in [2.75, 3.05) is 18.8 Å². The van der Waals surface area contributed by atoms with Gasteiger partial charge in [0.25, 0.3) is 0 Å². The van der Waals surface area contributed by atoms with Crippen LogP contribution in [0.5, 0.6) is 0 Å². The fourth-order valence-corrected chi connectivity index (χ4v) is 1.85. The quantitative estimate of drug-likeness (QED) is 0.777. The van der Waals surface area contributed by atoms with Crippen LogP contribution in [0.3, 0.4) is 0 Å². The van der Waals surface area contributed by atoms with Crippen molar-refractivity contribution in [2.24, 2.45) is 0 Å². The van der Waals surface area contributed by atoms with Gasteiger partial charge in [-0.1, -0.05) is 12.1 Å². The van der Waals surface area contributed by atoms with Crippen molar-refractivity contribution < 1.29 is 9.53 Å². The van der Waals surface area contributed by atoms with Crippen molar-refractivity contribution >= 4 is 11.8 Å². The molecule has 86 valence electrons. The summed E-state index contributed by atoms with van der Waals surface area (Å²) in [6.45, 7) is 3.41. The molecule has 2 N–H and O–H groups in total. The summed E-state index contributed by atoms with van der Waals surface area (Å²) in [5.74, 6) is 0. The van der Waals surface area contributed by atoms with Gasteiger partial charge in [-0.2, -0.15) is 0 Å². The molecule has 16 heavy (non-hydrogen) atoms. The number of cyclic esters (lactones) is 1. The first-order chi connectivity index (χ1) is 7.70. The molecule has 1 aromatic rings. The molecule has 2 rings (SSSR count). The first kappa shape index (κ1) is 10.8. The summed E-state index contributed by atoms with van der Waals surface area (Å²) >= 11 is 0. The summed E-state index contributed by atoms with van der Waals surface area (Å²) in [5.41, 5.74) is 7.35. The van der Waals surface area contributed by atoms with Gasteiger partial charge in [0.1, 0.15) is 6.10 Å². The Bertz CT molecular complexity index is 375. The van der Waals surface area contributed by atoms with Crippen LogP contribution in [0.2, 0.25) is 0 Å². The van der Waals surface area contributed by atoms with E-state index in [1.807, 2.05) is 31.2 Å². The average Bonchev–Trinajstić information content (AvgIpc) is 2.30. The third kappa shape index (κ3) is 2.10. The number of carbonyl (C=O) groups excluding carboxylic acids is 1. The van der Waals surface area contributed by atoms with Crippen LogP contribution in [0.4, 0.5) is 10.5 Å². The first-order valence-electron chi connectivity index (χ1n) is 5.51. The monoisotopic (exact) mass is 220 g/mol. The Kier molecular flexibility index (Phi) is 2.99. The molecular formula is C12H16N2O2. The number of benzene rings is 1. The summed E-state index contributed by atoms with van der Waals surface area (Å²) in [6, 6.07) is 7.48. The van der Waals surface area contributed by atoms with Gasteiger partial charge in [-0.3, -0.25) is 0 Å². The lowest BCUT2D eigenvalue weighted by molar-refractivity contribution is 0.0260. The number of nitrogen functional groups attached to an aromatic ring is 1. The summed E-state index contributed by atoms with van der Waals surface area (Å²) in [7, 11) is 0. The van der Waals surface area contributed by atoms with Crippen molar-refractivity contribution in [3.63, 3.8) is 0 Å². The lowest BCUT2D eigenvalue weighted by Crippen LogP contribution is -2.38. The average molecular weight is 220 g/mol. The number of carbonyl (C=O) groups is 1. The van der Waals surface area contributed by atoms with Gasteiger partial charge in [0.2, 0.25) is 0 Å². The molecule has 0 aromatic heterocycles. The van der Waals surface area contributed by atoms with Gasteiger partial charge >= 0.3 is 6.09 Å². The number of anilines is 1. The molecular weight excluding hydrogens is 204 g/mol. The van der Waals surface area contributed by atoms with E-state index in [1.165, 1.54) is 0 Å². The molecule has 1 atom stereocenters. The molecule has 0 bridgehead atoms. The number of nitrogens with zero attached hydrogens (tertiary/aromatic N) is 1. The highest BCUT2D eigenvalue weighted by Gasteiger charge is 2.26. The summed E-state index contributed by atoms with van der Waals surface area (Å²) in [4.78, 5) is 13.3.